The molecule has 0 spiro atoms. The normalized spacial score (nSPS) is 14.1. The molecule has 0 aliphatic carbocycles. The first-order valence-corrected chi connectivity index (χ1v) is 6.93. The van der Waals surface area contributed by atoms with Gasteiger partial charge < -0.3 is 5.32 Å². The second-order valence-electron chi connectivity index (χ2n) is 4.96. The van der Waals surface area contributed by atoms with Crippen molar-refractivity contribution in [2.24, 2.45) is 0 Å². The van der Waals surface area contributed by atoms with Crippen LogP contribution in [-0.2, 0) is 0 Å². The van der Waals surface area contributed by atoms with E-state index in [1.807, 2.05) is 12.4 Å². The second-order valence-corrected chi connectivity index (χ2v) is 4.96. The van der Waals surface area contributed by atoms with Gasteiger partial charge in [0.25, 0.3) is 0 Å². The predicted molar refractivity (Wildman–Crippen MR) is 80.2 cm³/mol. The van der Waals surface area contributed by atoms with E-state index in [-0.39, 0.29) is 0 Å². The van der Waals surface area contributed by atoms with Gasteiger partial charge in [-0.15, -0.1) is 0 Å². The van der Waals surface area contributed by atoms with Crippen molar-refractivity contribution in [2.45, 2.75) is 32.7 Å². The maximum atomic E-state index is 4.10. The summed E-state index contributed by atoms with van der Waals surface area (Å²) in [6.45, 7) is 7.58. The summed E-state index contributed by atoms with van der Waals surface area (Å²) in [5, 5.41) is 3.62. The van der Waals surface area contributed by atoms with E-state index in [4.69, 9.17) is 0 Å². The van der Waals surface area contributed by atoms with Gasteiger partial charge in [0.1, 0.15) is 0 Å². The standard InChI is InChI=1S/C17H22N2/c1-4-19-17(16-8-6-5-7-13(16)2)14(3)15-9-11-18-12-10-15/h5-12,14,17,19H,4H2,1-3H3. The Labute approximate surface area is 115 Å². The summed E-state index contributed by atoms with van der Waals surface area (Å²) in [5.74, 6) is 0.420. The first-order valence-electron chi connectivity index (χ1n) is 6.93. The van der Waals surface area contributed by atoms with Crippen LogP contribution < -0.4 is 5.32 Å². The molecule has 2 atom stereocenters. The Bertz CT molecular complexity index is 508. The van der Waals surface area contributed by atoms with Crippen molar-refractivity contribution >= 4 is 0 Å². The average Bonchev–Trinajstić information content (AvgIpc) is 2.46. The molecular formula is C17H22N2. The lowest BCUT2D eigenvalue weighted by atomic mass is 9.87. The SMILES string of the molecule is CCNC(c1ccccc1C)C(C)c1ccncc1. The number of pyridine rings is 1. The highest BCUT2D eigenvalue weighted by Gasteiger charge is 2.21. The monoisotopic (exact) mass is 254 g/mol. The largest absolute Gasteiger partial charge is 0.310 e. The van der Waals surface area contributed by atoms with E-state index in [1.165, 1.54) is 16.7 Å². The van der Waals surface area contributed by atoms with Gasteiger partial charge in [0.05, 0.1) is 0 Å². The highest BCUT2D eigenvalue weighted by atomic mass is 14.9. The fraction of sp³-hybridized carbons (Fsp3) is 0.353. The lowest BCUT2D eigenvalue weighted by Gasteiger charge is -2.27. The molecule has 0 bridgehead atoms. The van der Waals surface area contributed by atoms with E-state index in [2.05, 4.69) is 67.5 Å². The highest BCUT2D eigenvalue weighted by Crippen LogP contribution is 2.31. The molecule has 2 aromatic rings. The number of aryl methyl sites for hydroxylation is 1. The molecule has 1 N–H and O–H groups in total. The number of nitrogens with one attached hydrogen (secondary N) is 1. The summed E-state index contributed by atoms with van der Waals surface area (Å²) in [6, 6.07) is 13.2. The van der Waals surface area contributed by atoms with Crippen LogP contribution in [0.15, 0.2) is 48.8 Å². The number of aromatic nitrogens is 1. The molecule has 0 saturated heterocycles. The van der Waals surface area contributed by atoms with Gasteiger partial charge in [0.2, 0.25) is 0 Å². The Hall–Kier alpha value is -1.67. The number of rotatable bonds is 5. The minimum atomic E-state index is 0.341. The minimum absolute atomic E-state index is 0.341. The Balaban J connectivity index is 2.33. The molecule has 19 heavy (non-hydrogen) atoms. The van der Waals surface area contributed by atoms with E-state index < -0.39 is 0 Å². The number of hydrogen-bond acceptors (Lipinski definition) is 2. The van der Waals surface area contributed by atoms with Crippen LogP contribution in [-0.4, -0.2) is 11.5 Å². The second kappa shape index (κ2) is 6.48. The number of benzene rings is 1. The molecule has 2 heteroatoms. The van der Waals surface area contributed by atoms with Gasteiger partial charge in [-0.1, -0.05) is 38.1 Å². The van der Waals surface area contributed by atoms with Gasteiger partial charge in [-0.25, -0.2) is 0 Å². The van der Waals surface area contributed by atoms with Gasteiger partial charge in [-0.05, 0) is 42.3 Å². The molecule has 0 aliphatic heterocycles. The molecule has 0 fully saturated rings. The molecule has 1 aromatic heterocycles. The summed E-state index contributed by atoms with van der Waals surface area (Å²) in [5.41, 5.74) is 4.05. The zero-order valence-corrected chi connectivity index (χ0v) is 11.9. The summed E-state index contributed by atoms with van der Waals surface area (Å²) < 4.78 is 0. The van der Waals surface area contributed by atoms with Gasteiger partial charge in [-0.2, -0.15) is 0 Å². The molecule has 1 aromatic carbocycles. The summed E-state index contributed by atoms with van der Waals surface area (Å²) in [7, 11) is 0. The van der Waals surface area contributed by atoms with Crippen molar-refractivity contribution in [3.63, 3.8) is 0 Å². The third-order valence-electron chi connectivity index (χ3n) is 3.68. The molecule has 1 heterocycles. The molecule has 2 rings (SSSR count). The van der Waals surface area contributed by atoms with Crippen LogP contribution in [0.4, 0.5) is 0 Å². The lowest BCUT2D eigenvalue weighted by molar-refractivity contribution is 0.477. The van der Waals surface area contributed by atoms with Crippen LogP contribution in [0.2, 0.25) is 0 Å². The van der Waals surface area contributed by atoms with E-state index in [0.29, 0.717) is 12.0 Å². The number of likely N-dealkylation sites (N-methyl/N-ethyl adjacent to an activating group) is 1. The molecule has 100 valence electrons. The van der Waals surface area contributed by atoms with Crippen molar-refractivity contribution in [2.75, 3.05) is 6.54 Å². The highest BCUT2D eigenvalue weighted by molar-refractivity contribution is 5.32. The number of hydrogen-bond donors (Lipinski definition) is 1. The smallest absolute Gasteiger partial charge is 0.0389 e. The van der Waals surface area contributed by atoms with E-state index in [0.717, 1.165) is 6.54 Å². The quantitative estimate of drug-likeness (QED) is 0.876. The maximum Gasteiger partial charge on any atom is 0.0389 e. The average molecular weight is 254 g/mol. The van der Waals surface area contributed by atoms with Crippen molar-refractivity contribution in [1.29, 1.82) is 0 Å². The predicted octanol–water partition coefficient (Wildman–Crippen LogP) is 3.84. The van der Waals surface area contributed by atoms with Crippen molar-refractivity contribution in [1.82, 2.24) is 10.3 Å². The number of nitrogens with zero attached hydrogens (tertiary/aromatic N) is 1. The van der Waals surface area contributed by atoms with Crippen molar-refractivity contribution in [3.05, 3.63) is 65.5 Å². The van der Waals surface area contributed by atoms with Gasteiger partial charge >= 0.3 is 0 Å². The van der Waals surface area contributed by atoms with Gasteiger partial charge in [-0.3, -0.25) is 4.98 Å². The van der Waals surface area contributed by atoms with Gasteiger partial charge in [0, 0.05) is 24.4 Å². The zero-order valence-electron chi connectivity index (χ0n) is 11.9. The van der Waals surface area contributed by atoms with Crippen LogP contribution >= 0.6 is 0 Å². The van der Waals surface area contributed by atoms with Crippen LogP contribution in [0.3, 0.4) is 0 Å². The van der Waals surface area contributed by atoms with Crippen LogP contribution in [0.1, 0.15) is 42.5 Å². The fourth-order valence-electron chi connectivity index (χ4n) is 2.57. The van der Waals surface area contributed by atoms with E-state index in [9.17, 15) is 0 Å². The minimum Gasteiger partial charge on any atom is -0.310 e. The third-order valence-corrected chi connectivity index (χ3v) is 3.68. The maximum absolute atomic E-state index is 4.10. The molecular weight excluding hydrogens is 232 g/mol. The summed E-state index contributed by atoms with van der Waals surface area (Å²) >= 11 is 0. The van der Waals surface area contributed by atoms with E-state index in [1.54, 1.807) is 0 Å². The Morgan fingerprint density at radius 3 is 2.42 bits per heavy atom. The Morgan fingerprint density at radius 2 is 1.79 bits per heavy atom. The first kappa shape index (κ1) is 13.8. The van der Waals surface area contributed by atoms with Crippen molar-refractivity contribution in [3.8, 4) is 0 Å². The fourth-order valence-corrected chi connectivity index (χ4v) is 2.57. The molecule has 0 aliphatic rings. The Kier molecular flexibility index (Phi) is 4.69. The molecule has 2 nitrogen and oxygen atoms in total. The van der Waals surface area contributed by atoms with Gasteiger partial charge in [0.15, 0.2) is 0 Å². The van der Waals surface area contributed by atoms with Crippen LogP contribution in [0.5, 0.6) is 0 Å². The molecule has 0 saturated carbocycles. The molecule has 0 amide bonds. The molecule has 2 unspecified atom stereocenters. The first-order chi connectivity index (χ1) is 9.24. The third kappa shape index (κ3) is 3.21. The Morgan fingerprint density at radius 1 is 1.11 bits per heavy atom. The zero-order chi connectivity index (χ0) is 13.7. The molecule has 0 radical (unpaired) electrons. The van der Waals surface area contributed by atoms with Crippen molar-refractivity contribution < 1.29 is 0 Å². The van der Waals surface area contributed by atoms with Crippen LogP contribution in [0.25, 0.3) is 0 Å². The lowest BCUT2D eigenvalue weighted by Crippen LogP contribution is -2.26. The topological polar surface area (TPSA) is 24.9 Å². The summed E-state index contributed by atoms with van der Waals surface area (Å²) in [6.07, 6.45) is 3.74. The van der Waals surface area contributed by atoms with E-state index >= 15 is 0 Å². The van der Waals surface area contributed by atoms with Crippen LogP contribution in [0, 0.1) is 6.92 Å². The summed E-state index contributed by atoms with van der Waals surface area (Å²) in [4.78, 5) is 4.10.